The van der Waals surface area contributed by atoms with Gasteiger partial charge in [0.05, 0.1) is 5.75 Å². The first-order valence-corrected chi connectivity index (χ1v) is 6.76. The minimum absolute atomic E-state index is 0.00707. The second-order valence-corrected chi connectivity index (χ2v) is 5.32. The standard InChI is InChI=1S/C10H16N2O3S/c13-8-1-5-12-16(14,15)9-4-10-2-6-11-7-3-10/h2-3,6-7,12-13H,1,4-5,8-9H2. The lowest BCUT2D eigenvalue weighted by molar-refractivity contribution is 0.289. The molecule has 0 radical (unpaired) electrons. The van der Waals surface area contributed by atoms with Gasteiger partial charge < -0.3 is 5.11 Å². The van der Waals surface area contributed by atoms with Crippen LogP contribution in [0.5, 0.6) is 0 Å². The highest BCUT2D eigenvalue weighted by Gasteiger charge is 2.09. The molecule has 1 heterocycles. The number of aromatic nitrogens is 1. The second kappa shape index (κ2) is 6.57. The molecule has 2 N–H and O–H groups in total. The van der Waals surface area contributed by atoms with Crippen LogP contribution in [-0.4, -0.2) is 37.4 Å². The smallest absolute Gasteiger partial charge is 0.211 e. The number of pyridine rings is 1. The summed E-state index contributed by atoms with van der Waals surface area (Å²) < 4.78 is 25.4. The van der Waals surface area contributed by atoms with Crippen LogP contribution in [0.25, 0.3) is 0 Å². The predicted octanol–water partition coefficient (Wildman–Crippen LogP) is -0.0741. The summed E-state index contributed by atoms with van der Waals surface area (Å²) in [6.07, 6.45) is 4.19. The molecule has 0 saturated heterocycles. The highest BCUT2D eigenvalue weighted by Crippen LogP contribution is 1.99. The van der Waals surface area contributed by atoms with Gasteiger partial charge in [-0.1, -0.05) is 0 Å². The summed E-state index contributed by atoms with van der Waals surface area (Å²) in [6, 6.07) is 3.59. The number of hydrogen-bond acceptors (Lipinski definition) is 4. The van der Waals surface area contributed by atoms with Crippen LogP contribution in [0.15, 0.2) is 24.5 Å². The van der Waals surface area contributed by atoms with Gasteiger partial charge in [-0.3, -0.25) is 4.98 Å². The van der Waals surface area contributed by atoms with E-state index in [0.717, 1.165) is 5.56 Å². The molecule has 6 heteroatoms. The van der Waals surface area contributed by atoms with Gasteiger partial charge in [-0.15, -0.1) is 0 Å². The quantitative estimate of drug-likeness (QED) is 0.658. The first-order valence-electron chi connectivity index (χ1n) is 5.11. The van der Waals surface area contributed by atoms with Crippen molar-refractivity contribution in [1.82, 2.24) is 9.71 Å². The fourth-order valence-corrected chi connectivity index (χ4v) is 2.28. The van der Waals surface area contributed by atoms with Crippen LogP contribution in [0.1, 0.15) is 12.0 Å². The SMILES string of the molecule is O=S(=O)(CCc1ccncc1)NCCCO. The lowest BCUT2D eigenvalue weighted by atomic mass is 10.2. The zero-order chi connectivity index (χ0) is 11.9. The molecule has 16 heavy (non-hydrogen) atoms. The minimum atomic E-state index is -3.23. The maximum absolute atomic E-state index is 11.5. The van der Waals surface area contributed by atoms with Gasteiger partial charge in [0.25, 0.3) is 0 Å². The predicted molar refractivity (Wildman–Crippen MR) is 61.4 cm³/mol. The molecule has 0 aromatic carbocycles. The van der Waals surface area contributed by atoms with Gasteiger partial charge in [-0.2, -0.15) is 0 Å². The zero-order valence-corrected chi connectivity index (χ0v) is 9.78. The van der Waals surface area contributed by atoms with Crippen LogP contribution >= 0.6 is 0 Å². The monoisotopic (exact) mass is 244 g/mol. The molecule has 5 nitrogen and oxygen atoms in total. The Morgan fingerprint density at radius 2 is 2.00 bits per heavy atom. The molecule has 90 valence electrons. The van der Waals surface area contributed by atoms with Crippen molar-refractivity contribution in [2.75, 3.05) is 18.9 Å². The lowest BCUT2D eigenvalue weighted by Gasteiger charge is -2.05. The Morgan fingerprint density at radius 3 is 2.62 bits per heavy atom. The molecule has 0 spiro atoms. The first-order chi connectivity index (χ1) is 7.64. The van der Waals surface area contributed by atoms with Crippen molar-refractivity contribution in [3.05, 3.63) is 30.1 Å². The minimum Gasteiger partial charge on any atom is -0.396 e. The largest absolute Gasteiger partial charge is 0.396 e. The summed E-state index contributed by atoms with van der Waals surface area (Å²) in [4.78, 5) is 3.86. The Hall–Kier alpha value is -0.980. The summed E-state index contributed by atoms with van der Waals surface area (Å²) in [6.45, 7) is 0.280. The Labute approximate surface area is 95.6 Å². The molecule has 0 aliphatic heterocycles. The number of rotatable bonds is 7. The second-order valence-electron chi connectivity index (χ2n) is 3.40. The van der Waals surface area contributed by atoms with Gasteiger partial charge in [0.15, 0.2) is 0 Å². The van der Waals surface area contributed by atoms with E-state index in [4.69, 9.17) is 5.11 Å². The van der Waals surface area contributed by atoms with Crippen molar-refractivity contribution < 1.29 is 13.5 Å². The Kier molecular flexibility index (Phi) is 5.37. The third kappa shape index (κ3) is 5.20. The van der Waals surface area contributed by atoms with Crippen molar-refractivity contribution in [2.24, 2.45) is 0 Å². The fourth-order valence-electron chi connectivity index (χ4n) is 1.18. The van der Waals surface area contributed by atoms with Crippen LogP contribution in [0.3, 0.4) is 0 Å². The summed E-state index contributed by atoms with van der Waals surface area (Å²) in [5.74, 6) is 0.0580. The molecule has 0 saturated carbocycles. The molecular weight excluding hydrogens is 228 g/mol. The van der Waals surface area contributed by atoms with Crippen molar-refractivity contribution in [2.45, 2.75) is 12.8 Å². The highest BCUT2D eigenvalue weighted by atomic mass is 32.2. The van der Waals surface area contributed by atoms with E-state index in [-0.39, 0.29) is 18.9 Å². The Bertz CT molecular complexity index is 392. The molecule has 0 fully saturated rings. The Balaban J connectivity index is 2.36. The molecule has 1 aromatic rings. The molecule has 0 atom stereocenters. The van der Waals surface area contributed by atoms with Crippen molar-refractivity contribution in [3.8, 4) is 0 Å². The molecule has 1 rings (SSSR count). The van der Waals surface area contributed by atoms with E-state index < -0.39 is 10.0 Å². The molecule has 0 aliphatic carbocycles. The number of nitrogens with zero attached hydrogens (tertiary/aromatic N) is 1. The number of aryl methyl sites for hydroxylation is 1. The maximum atomic E-state index is 11.5. The molecular formula is C10H16N2O3S. The Morgan fingerprint density at radius 1 is 1.31 bits per heavy atom. The number of aliphatic hydroxyl groups excluding tert-OH is 1. The lowest BCUT2D eigenvalue weighted by Crippen LogP contribution is -2.28. The van der Waals surface area contributed by atoms with E-state index >= 15 is 0 Å². The van der Waals surface area contributed by atoms with Gasteiger partial charge in [0.1, 0.15) is 0 Å². The summed E-state index contributed by atoms with van der Waals surface area (Å²) in [5, 5.41) is 8.53. The van der Waals surface area contributed by atoms with Gasteiger partial charge in [0.2, 0.25) is 10.0 Å². The van der Waals surface area contributed by atoms with Gasteiger partial charge in [-0.05, 0) is 30.5 Å². The van der Waals surface area contributed by atoms with Gasteiger partial charge in [-0.25, -0.2) is 13.1 Å². The third-order valence-electron chi connectivity index (χ3n) is 2.07. The average molecular weight is 244 g/mol. The maximum Gasteiger partial charge on any atom is 0.211 e. The fraction of sp³-hybridized carbons (Fsp3) is 0.500. The van der Waals surface area contributed by atoms with E-state index in [1.165, 1.54) is 0 Å². The van der Waals surface area contributed by atoms with E-state index in [0.29, 0.717) is 12.8 Å². The molecule has 0 amide bonds. The molecule has 0 bridgehead atoms. The van der Waals surface area contributed by atoms with E-state index in [9.17, 15) is 8.42 Å². The topological polar surface area (TPSA) is 79.3 Å². The molecule has 0 aliphatic rings. The van der Waals surface area contributed by atoms with Crippen LogP contribution in [0.2, 0.25) is 0 Å². The van der Waals surface area contributed by atoms with Crippen molar-refractivity contribution in [1.29, 1.82) is 0 Å². The summed E-state index contributed by atoms with van der Waals surface area (Å²) in [7, 11) is -3.23. The van der Waals surface area contributed by atoms with E-state index in [1.54, 1.807) is 24.5 Å². The van der Waals surface area contributed by atoms with Crippen LogP contribution < -0.4 is 4.72 Å². The number of nitrogens with one attached hydrogen (secondary N) is 1. The normalized spacial score (nSPS) is 11.6. The third-order valence-corrected chi connectivity index (χ3v) is 3.45. The van der Waals surface area contributed by atoms with Crippen LogP contribution in [-0.2, 0) is 16.4 Å². The number of aliphatic hydroxyl groups is 1. The van der Waals surface area contributed by atoms with E-state index in [2.05, 4.69) is 9.71 Å². The summed E-state index contributed by atoms with van der Waals surface area (Å²) in [5.41, 5.74) is 0.947. The van der Waals surface area contributed by atoms with Crippen LogP contribution in [0.4, 0.5) is 0 Å². The molecule has 0 unspecified atom stereocenters. The molecule has 1 aromatic heterocycles. The average Bonchev–Trinajstić information content (AvgIpc) is 2.28. The van der Waals surface area contributed by atoms with Crippen LogP contribution in [0, 0.1) is 0 Å². The number of hydrogen-bond donors (Lipinski definition) is 2. The van der Waals surface area contributed by atoms with Crippen molar-refractivity contribution >= 4 is 10.0 Å². The van der Waals surface area contributed by atoms with Crippen molar-refractivity contribution in [3.63, 3.8) is 0 Å². The zero-order valence-electron chi connectivity index (χ0n) is 8.96. The first kappa shape index (κ1) is 13.1. The summed E-state index contributed by atoms with van der Waals surface area (Å²) >= 11 is 0. The highest BCUT2D eigenvalue weighted by molar-refractivity contribution is 7.89. The number of sulfonamides is 1. The van der Waals surface area contributed by atoms with Gasteiger partial charge >= 0.3 is 0 Å². The van der Waals surface area contributed by atoms with Gasteiger partial charge in [0, 0.05) is 25.5 Å². The van der Waals surface area contributed by atoms with E-state index in [1.807, 2.05) is 0 Å².